The number of nitrogens with zero attached hydrogens (tertiary/aromatic N) is 1. The van der Waals surface area contributed by atoms with Gasteiger partial charge in [-0.05, 0) is 12.8 Å². The summed E-state index contributed by atoms with van der Waals surface area (Å²) in [6.45, 7) is 8.96. The maximum Gasteiger partial charge on any atom is 0.306 e. The highest BCUT2D eigenvalue weighted by atomic mass is 16.4. The minimum atomic E-state index is -0.696. The van der Waals surface area contributed by atoms with Crippen molar-refractivity contribution in [2.75, 3.05) is 6.54 Å². The Labute approximate surface area is 85.9 Å². The van der Waals surface area contributed by atoms with Crippen LogP contribution in [0.1, 0.15) is 45.4 Å². The number of carboxylic acids is 1. The molecule has 0 radical (unpaired) electrons. The molecule has 0 amide bonds. The number of hydrogen-bond acceptors (Lipinski definition) is 1. The minimum absolute atomic E-state index is 0.210. The summed E-state index contributed by atoms with van der Waals surface area (Å²) in [5.41, 5.74) is 0. The number of carboxylic acid groups (broad SMARTS) is 1. The van der Waals surface area contributed by atoms with Crippen LogP contribution in [0.3, 0.4) is 0 Å². The molecular formula is C11H19NO2. The second-order valence-electron chi connectivity index (χ2n) is 3.68. The van der Waals surface area contributed by atoms with Crippen LogP contribution in [0.25, 0.3) is 4.85 Å². The van der Waals surface area contributed by atoms with E-state index in [1.165, 1.54) is 0 Å². The van der Waals surface area contributed by atoms with E-state index >= 15 is 0 Å². The van der Waals surface area contributed by atoms with Crippen LogP contribution in [0.2, 0.25) is 0 Å². The van der Waals surface area contributed by atoms with Crippen LogP contribution in [0.5, 0.6) is 0 Å². The van der Waals surface area contributed by atoms with Crippen LogP contribution in [0.15, 0.2) is 0 Å². The number of hydrogen-bond donors (Lipinski definition) is 1. The molecule has 0 aliphatic heterocycles. The highest BCUT2D eigenvalue weighted by Crippen LogP contribution is 2.11. The first-order valence-corrected chi connectivity index (χ1v) is 5.24. The Bertz CT molecular complexity index is 196. The zero-order valence-corrected chi connectivity index (χ0v) is 8.83. The van der Waals surface area contributed by atoms with Gasteiger partial charge in [0.25, 0.3) is 0 Å². The normalized spacial score (nSPS) is 12.0. The molecular weight excluding hydrogens is 178 g/mol. The summed E-state index contributed by atoms with van der Waals surface area (Å²) in [5.74, 6) is -0.906. The van der Waals surface area contributed by atoms with Crippen molar-refractivity contribution in [1.82, 2.24) is 0 Å². The SMILES string of the molecule is [C-]#[N+]CCCCCCCC(C)C(=O)O. The zero-order valence-electron chi connectivity index (χ0n) is 8.83. The molecule has 80 valence electrons. The second kappa shape index (κ2) is 8.55. The standard InChI is InChI=1S/C11H19NO2/c1-10(11(13)14)8-6-4-3-5-7-9-12-2/h10H,3-9H2,1H3,(H,13,14). The molecule has 0 saturated carbocycles. The van der Waals surface area contributed by atoms with Gasteiger partial charge >= 0.3 is 5.97 Å². The van der Waals surface area contributed by atoms with Gasteiger partial charge in [0.2, 0.25) is 6.54 Å². The van der Waals surface area contributed by atoms with Crippen molar-refractivity contribution in [2.24, 2.45) is 5.92 Å². The molecule has 0 aromatic rings. The highest BCUT2D eigenvalue weighted by molar-refractivity contribution is 5.69. The Hall–Kier alpha value is -1.04. The third kappa shape index (κ3) is 7.60. The number of unbranched alkanes of at least 4 members (excludes halogenated alkanes) is 4. The van der Waals surface area contributed by atoms with Crippen molar-refractivity contribution in [2.45, 2.75) is 45.4 Å². The van der Waals surface area contributed by atoms with Crippen LogP contribution in [-0.4, -0.2) is 17.6 Å². The topological polar surface area (TPSA) is 41.7 Å². The van der Waals surface area contributed by atoms with Gasteiger partial charge < -0.3 is 9.95 Å². The van der Waals surface area contributed by atoms with Gasteiger partial charge in [0.15, 0.2) is 0 Å². The quantitative estimate of drug-likeness (QED) is 0.480. The fourth-order valence-electron chi connectivity index (χ4n) is 1.30. The summed E-state index contributed by atoms with van der Waals surface area (Å²) in [6, 6.07) is 0. The molecule has 0 aromatic heterocycles. The Kier molecular flexibility index (Phi) is 7.92. The Morgan fingerprint density at radius 1 is 1.29 bits per heavy atom. The molecule has 0 rings (SSSR count). The first kappa shape index (κ1) is 13.0. The van der Waals surface area contributed by atoms with Gasteiger partial charge in [-0.3, -0.25) is 4.79 Å². The predicted molar refractivity (Wildman–Crippen MR) is 56.0 cm³/mol. The molecule has 0 aliphatic carbocycles. The molecule has 1 N–H and O–H groups in total. The van der Waals surface area contributed by atoms with Crippen molar-refractivity contribution in [3.05, 3.63) is 11.4 Å². The molecule has 0 spiro atoms. The third-order valence-corrected chi connectivity index (χ3v) is 2.33. The van der Waals surface area contributed by atoms with Gasteiger partial charge in [0.1, 0.15) is 0 Å². The van der Waals surface area contributed by atoms with Gasteiger partial charge in [-0.1, -0.05) is 26.2 Å². The summed E-state index contributed by atoms with van der Waals surface area (Å²) >= 11 is 0. The van der Waals surface area contributed by atoms with Gasteiger partial charge in [-0.2, -0.15) is 0 Å². The molecule has 0 saturated heterocycles. The van der Waals surface area contributed by atoms with Gasteiger partial charge in [-0.15, -0.1) is 0 Å². The lowest BCUT2D eigenvalue weighted by Crippen LogP contribution is -2.08. The van der Waals surface area contributed by atoms with Crippen LogP contribution < -0.4 is 0 Å². The molecule has 0 bridgehead atoms. The second-order valence-corrected chi connectivity index (χ2v) is 3.68. The summed E-state index contributed by atoms with van der Waals surface area (Å²) in [7, 11) is 0. The van der Waals surface area contributed by atoms with Crippen molar-refractivity contribution < 1.29 is 9.90 Å². The van der Waals surface area contributed by atoms with Crippen LogP contribution >= 0.6 is 0 Å². The van der Waals surface area contributed by atoms with E-state index in [-0.39, 0.29) is 5.92 Å². The number of carbonyl (C=O) groups is 1. The molecule has 1 unspecified atom stereocenters. The zero-order chi connectivity index (χ0) is 10.8. The molecule has 0 aliphatic rings. The molecule has 0 heterocycles. The summed E-state index contributed by atoms with van der Waals surface area (Å²) in [4.78, 5) is 13.7. The van der Waals surface area contributed by atoms with Crippen LogP contribution in [0.4, 0.5) is 0 Å². The highest BCUT2D eigenvalue weighted by Gasteiger charge is 2.09. The molecule has 3 heteroatoms. The van der Waals surface area contributed by atoms with Crippen molar-refractivity contribution in [1.29, 1.82) is 0 Å². The Balaban J connectivity index is 3.14. The van der Waals surface area contributed by atoms with E-state index in [4.69, 9.17) is 11.7 Å². The average molecular weight is 197 g/mol. The van der Waals surface area contributed by atoms with E-state index < -0.39 is 5.97 Å². The van der Waals surface area contributed by atoms with E-state index in [2.05, 4.69) is 4.85 Å². The van der Waals surface area contributed by atoms with E-state index in [0.29, 0.717) is 6.54 Å². The summed E-state index contributed by atoms with van der Waals surface area (Å²) in [6.07, 6.45) is 6.07. The van der Waals surface area contributed by atoms with Crippen LogP contribution in [0, 0.1) is 12.5 Å². The van der Waals surface area contributed by atoms with E-state index in [0.717, 1.165) is 38.5 Å². The van der Waals surface area contributed by atoms with Crippen LogP contribution in [-0.2, 0) is 4.79 Å². The van der Waals surface area contributed by atoms with Crippen molar-refractivity contribution in [3.8, 4) is 0 Å². The average Bonchev–Trinajstić information content (AvgIpc) is 2.16. The summed E-state index contributed by atoms with van der Waals surface area (Å²) in [5, 5.41) is 8.62. The van der Waals surface area contributed by atoms with Crippen molar-refractivity contribution in [3.63, 3.8) is 0 Å². The Morgan fingerprint density at radius 3 is 2.43 bits per heavy atom. The van der Waals surface area contributed by atoms with E-state index in [1.807, 2.05) is 0 Å². The number of rotatable bonds is 8. The molecule has 14 heavy (non-hydrogen) atoms. The first-order chi connectivity index (χ1) is 6.68. The van der Waals surface area contributed by atoms with E-state index in [9.17, 15) is 4.79 Å². The first-order valence-electron chi connectivity index (χ1n) is 5.24. The smallest absolute Gasteiger partial charge is 0.306 e. The lowest BCUT2D eigenvalue weighted by atomic mass is 10.0. The Morgan fingerprint density at radius 2 is 1.86 bits per heavy atom. The molecule has 3 nitrogen and oxygen atoms in total. The maximum absolute atomic E-state index is 10.5. The largest absolute Gasteiger partial charge is 0.481 e. The van der Waals surface area contributed by atoms with Gasteiger partial charge in [-0.25, -0.2) is 6.57 Å². The minimum Gasteiger partial charge on any atom is -0.481 e. The molecule has 0 aromatic carbocycles. The molecule has 0 fully saturated rings. The van der Waals surface area contributed by atoms with Crippen molar-refractivity contribution >= 4 is 5.97 Å². The predicted octanol–water partition coefficient (Wildman–Crippen LogP) is 2.97. The lowest BCUT2D eigenvalue weighted by Gasteiger charge is -2.04. The molecule has 1 atom stereocenters. The fourth-order valence-corrected chi connectivity index (χ4v) is 1.30. The van der Waals surface area contributed by atoms with Gasteiger partial charge in [0.05, 0.1) is 5.92 Å². The summed E-state index contributed by atoms with van der Waals surface area (Å²) < 4.78 is 0. The fraction of sp³-hybridized carbons (Fsp3) is 0.818. The monoisotopic (exact) mass is 197 g/mol. The number of aliphatic carboxylic acids is 1. The van der Waals surface area contributed by atoms with E-state index in [1.54, 1.807) is 6.92 Å². The van der Waals surface area contributed by atoms with Gasteiger partial charge in [0, 0.05) is 6.42 Å². The maximum atomic E-state index is 10.5. The lowest BCUT2D eigenvalue weighted by molar-refractivity contribution is -0.141. The third-order valence-electron chi connectivity index (χ3n) is 2.33.